The van der Waals surface area contributed by atoms with Crippen molar-refractivity contribution in [1.82, 2.24) is 15.2 Å². The van der Waals surface area contributed by atoms with E-state index >= 15 is 0 Å². The van der Waals surface area contributed by atoms with Gasteiger partial charge in [-0.05, 0) is 56.1 Å². The van der Waals surface area contributed by atoms with Gasteiger partial charge in [-0.2, -0.15) is 5.10 Å². The van der Waals surface area contributed by atoms with Gasteiger partial charge in [0.2, 0.25) is 5.91 Å². The fraction of sp³-hybridized carbons (Fsp3) is 0.526. The lowest BCUT2D eigenvalue weighted by Crippen LogP contribution is -2.42. The smallest absolute Gasteiger partial charge is 0.229 e. The van der Waals surface area contributed by atoms with Crippen LogP contribution in [0.25, 0.3) is 11.4 Å². The number of fused-ring (bicyclic) bond motifs is 2. The number of anilines is 1. The number of rotatable bonds is 4. The maximum Gasteiger partial charge on any atom is 0.229 e. The van der Waals surface area contributed by atoms with Crippen molar-refractivity contribution >= 4 is 11.6 Å². The molecular weight excluding hydrogens is 314 g/mol. The van der Waals surface area contributed by atoms with Gasteiger partial charge in [-0.15, -0.1) is 0 Å². The van der Waals surface area contributed by atoms with Crippen LogP contribution in [0.4, 0.5) is 5.69 Å². The van der Waals surface area contributed by atoms with E-state index in [-0.39, 0.29) is 17.9 Å². The molecule has 2 bridgehead atoms. The number of nitrogens with two attached hydrogens (primary N) is 1. The summed E-state index contributed by atoms with van der Waals surface area (Å²) in [6.07, 6.45) is 5.81. The van der Waals surface area contributed by atoms with Gasteiger partial charge < -0.3 is 11.1 Å². The van der Waals surface area contributed by atoms with E-state index in [9.17, 15) is 4.79 Å². The highest BCUT2D eigenvalue weighted by atomic mass is 16.2. The van der Waals surface area contributed by atoms with Crippen LogP contribution < -0.4 is 11.1 Å². The number of aromatic nitrogens is 3. The van der Waals surface area contributed by atoms with E-state index in [4.69, 9.17) is 5.73 Å². The Hall–Kier alpha value is -2.21. The standard InChI is InChI=1S/C19H23N5O/c20-16-12-7-6-11(8-12)15(16)19(25)21-14-3-1-2-13(9-14)18-22-17(23-24-18)10-4-5-10/h1-3,9-12,15-16H,4-8,20H2,(H,21,25)(H,22,23,24). The molecule has 3 fully saturated rings. The van der Waals surface area contributed by atoms with Crippen molar-refractivity contribution in [2.75, 3.05) is 5.32 Å². The van der Waals surface area contributed by atoms with E-state index in [1.807, 2.05) is 24.3 Å². The first kappa shape index (κ1) is 15.1. The zero-order chi connectivity index (χ0) is 17.0. The second kappa shape index (κ2) is 5.66. The third-order valence-corrected chi connectivity index (χ3v) is 6.14. The lowest BCUT2D eigenvalue weighted by Gasteiger charge is -2.27. The van der Waals surface area contributed by atoms with Gasteiger partial charge in [0.1, 0.15) is 5.82 Å². The first-order valence-corrected chi connectivity index (χ1v) is 9.28. The molecule has 1 amide bonds. The second-order valence-corrected chi connectivity index (χ2v) is 7.82. The molecule has 1 aromatic carbocycles. The minimum Gasteiger partial charge on any atom is -0.327 e. The third kappa shape index (κ3) is 2.65. The highest BCUT2D eigenvalue weighted by Gasteiger charge is 2.49. The first-order chi connectivity index (χ1) is 12.2. The molecule has 3 aliphatic carbocycles. The van der Waals surface area contributed by atoms with Crippen molar-refractivity contribution in [1.29, 1.82) is 0 Å². The predicted octanol–water partition coefficient (Wildman–Crippen LogP) is 2.66. The molecule has 4 N–H and O–H groups in total. The topological polar surface area (TPSA) is 96.7 Å². The average molecular weight is 337 g/mol. The molecule has 4 atom stereocenters. The summed E-state index contributed by atoms with van der Waals surface area (Å²) in [5.74, 6) is 3.20. The number of benzene rings is 1. The summed E-state index contributed by atoms with van der Waals surface area (Å²) in [4.78, 5) is 17.3. The summed E-state index contributed by atoms with van der Waals surface area (Å²) in [6.45, 7) is 0. The number of hydrogen-bond acceptors (Lipinski definition) is 4. The van der Waals surface area contributed by atoms with Crippen molar-refractivity contribution in [3.05, 3.63) is 30.1 Å². The molecule has 3 aliphatic rings. The second-order valence-electron chi connectivity index (χ2n) is 7.82. The largest absolute Gasteiger partial charge is 0.327 e. The molecule has 4 unspecified atom stereocenters. The Balaban J connectivity index is 1.33. The average Bonchev–Trinajstić information content (AvgIpc) is 3.05. The van der Waals surface area contributed by atoms with Crippen molar-refractivity contribution < 1.29 is 4.79 Å². The Bertz CT molecular complexity index is 810. The number of nitrogens with zero attached hydrogens (tertiary/aromatic N) is 2. The Morgan fingerprint density at radius 3 is 2.80 bits per heavy atom. The van der Waals surface area contributed by atoms with E-state index in [0.29, 0.717) is 23.6 Å². The summed E-state index contributed by atoms with van der Waals surface area (Å²) in [5.41, 5.74) is 7.99. The molecule has 5 rings (SSSR count). The maximum atomic E-state index is 12.7. The van der Waals surface area contributed by atoms with Crippen LogP contribution in [-0.2, 0) is 4.79 Å². The number of amides is 1. The van der Waals surface area contributed by atoms with Crippen LogP contribution in [0.5, 0.6) is 0 Å². The highest BCUT2D eigenvalue weighted by molar-refractivity contribution is 5.94. The molecule has 1 aromatic heterocycles. The SMILES string of the molecule is NC1C2CCC(C2)C1C(=O)Nc1cccc(-c2n[nH]c(C3CC3)n2)c1. The Labute approximate surface area is 146 Å². The van der Waals surface area contributed by atoms with Crippen molar-refractivity contribution in [2.24, 2.45) is 23.5 Å². The molecule has 25 heavy (non-hydrogen) atoms. The van der Waals surface area contributed by atoms with E-state index in [1.54, 1.807) is 0 Å². The number of aromatic amines is 1. The Morgan fingerprint density at radius 1 is 1.20 bits per heavy atom. The number of carbonyl (C=O) groups excluding carboxylic acids is 1. The highest BCUT2D eigenvalue weighted by Crippen LogP contribution is 2.48. The molecule has 6 nitrogen and oxygen atoms in total. The van der Waals surface area contributed by atoms with Gasteiger partial charge in [-0.25, -0.2) is 4.98 Å². The van der Waals surface area contributed by atoms with E-state index in [0.717, 1.165) is 29.9 Å². The molecule has 2 aromatic rings. The summed E-state index contributed by atoms with van der Waals surface area (Å²) < 4.78 is 0. The number of carbonyl (C=O) groups is 1. The van der Waals surface area contributed by atoms with Crippen LogP contribution in [0.15, 0.2) is 24.3 Å². The van der Waals surface area contributed by atoms with Gasteiger partial charge in [0.05, 0.1) is 5.92 Å². The van der Waals surface area contributed by atoms with Crippen LogP contribution in [0.3, 0.4) is 0 Å². The fourth-order valence-electron chi connectivity index (χ4n) is 4.63. The molecule has 130 valence electrons. The number of nitrogens with one attached hydrogen (secondary N) is 2. The van der Waals surface area contributed by atoms with Gasteiger partial charge in [-0.3, -0.25) is 9.89 Å². The Morgan fingerprint density at radius 2 is 2.04 bits per heavy atom. The van der Waals surface area contributed by atoms with Gasteiger partial charge >= 0.3 is 0 Å². The Kier molecular flexibility index (Phi) is 3.41. The first-order valence-electron chi connectivity index (χ1n) is 9.28. The summed E-state index contributed by atoms with van der Waals surface area (Å²) >= 11 is 0. The molecular formula is C19H23N5O. The molecule has 1 heterocycles. The zero-order valence-corrected chi connectivity index (χ0v) is 14.1. The maximum absolute atomic E-state index is 12.7. The minimum atomic E-state index is -0.0487. The molecule has 0 radical (unpaired) electrons. The molecule has 0 saturated heterocycles. The zero-order valence-electron chi connectivity index (χ0n) is 14.1. The van der Waals surface area contributed by atoms with Gasteiger partial charge in [0, 0.05) is 23.2 Å². The number of hydrogen-bond donors (Lipinski definition) is 3. The molecule has 3 saturated carbocycles. The van der Waals surface area contributed by atoms with Crippen LogP contribution in [0.2, 0.25) is 0 Å². The predicted molar refractivity (Wildman–Crippen MR) is 94.7 cm³/mol. The third-order valence-electron chi connectivity index (χ3n) is 6.14. The van der Waals surface area contributed by atoms with E-state index < -0.39 is 0 Å². The van der Waals surface area contributed by atoms with E-state index in [1.165, 1.54) is 19.3 Å². The molecule has 0 aliphatic heterocycles. The lowest BCUT2D eigenvalue weighted by atomic mass is 9.84. The number of H-pyrrole nitrogens is 1. The van der Waals surface area contributed by atoms with Crippen LogP contribution in [0, 0.1) is 17.8 Å². The van der Waals surface area contributed by atoms with Gasteiger partial charge in [-0.1, -0.05) is 12.1 Å². The summed E-state index contributed by atoms with van der Waals surface area (Å²) in [7, 11) is 0. The summed E-state index contributed by atoms with van der Waals surface area (Å²) in [5, 5.41) is 10.4. The quantitative estimate of drug-likeness (QED) is 0.799. The van der Waals surface area contributed by atoms with Crippen LogP contribution >= 0.6 is 0 Å². The van der Waals surface area contributed by atoms with Gasteiger partial charge in [0.25, 0.3) is 0 Å². The van der Waals surface area contributed by atoms with Crippen molar-refractivity contribution in [2.45, 2.75) is 44.1 Å². The fourth-order valence-corrected chi connectivity index (χ4v) is 4.63. The lowest BCUT2D eigenvalue weighted by molar-refractivity contribution is -0.121. The van der Waals surface area contributed by atoms with Crippen molar-refractivity contribution in [3.8, 4) is 11.4 Å². The van der Waals surface area contributed by atoms with Crippen LogP contribution in [0.1, 0.15) is 43.8 Å². The van der Waals surface area contributed by atoms with Gasteiger partial charge in [0.15, 0.2) is 5.82 Å². The van der Waals surface area contributed by atoms with Crippen LogP contribution in [-0.4, -0.2) is 27.1 Å². The summed E-state index contributed by atoms with van der Waals surface area (Å²) in [6, 6.07) is 7.76. The normalized spacial score (nSPS) is 30.6. The minimum absolute atomic E-state index is 0.0102. The monoisotopic (exact) mass is 337 g/mol. The van der Waals surface area contributed by atoms with E-state index in [2.05, 4.69) is 20.5 Å². The molecule has 6 heteroatoms. The van der Waals surface area contributed by atoms with Crippen molar-refractivity contribution in [3.63, 3.8) is 0 Å². The molecule has 0 spiro atoms.